The molecule has 0 spiro atoms. The lowest BCUT2D eigenvalue weighted by Crippen LogP contribution is -1.95. The molecule has 15 heavy (non-hydrogen) atoms. The molecule has 0 fully saturated rings. The van der Waals surface area contributed by atoms with Gasteiger partial charge in [-0.15, -0.1) is 11.3 Å². The van der Waals surface area contributed by atoms with Gasteiger partial charge in [0, 0.05) is 22.0 Å². The Morgan fingerprint density at radius 3 is 2.60 bits per heavy atom. The van der Waals surface area contributed by atoms with Crippen molar-refractivity contribution in [3.63, 3.8) is 0 Å². The van der Waals surface area contributed by atoms with Gasteiger partial charge >= 0.3 is 0 Å². The molecule has 2 aromatic rings. The fourth-order valence-corrected chi connectivity index (χ4v) is 2.59. The normalized spacial score (nSPS) is 10.6. The zero-order valence-electron chi connectivity index (χ0n) is 8.46. The molecule has 0 atom stereocenters. The largest absolute Gasteiger partial charge is 0.326 e. The first-order valence-electron chi connectivity index (χ1n) is 4.75. The van der Waals surface area contributed by atoms with Crippen LogP contribution < -0.4 is 5.73 Å². The number of halogens is 1. The predicted octanol–water partition coefficient (Wildman–Crippen LogP) is 3.84. The van der Waals surface area contributed by atoms with Gasteiger partial charge in [0.15, 0.2) is 0 Å². The third-order valence-electron chi connectivity index (χ3n) is 2.42. The van der Waals surface area contributed by atoms with E-state index in [1.165, 1.54) is 10.4 Å². The highest BCUT2D eigenvalue weighted by Crippen LogP contribution is 2.33. The molecule has 0 aliphatic rings. The Balaban J connectivity index is 2.50. The van der Waals surface area contributed by atoms with Crippen molar-refractivity contribution in [3.8, 4) is 11.1 Å². The van der Waals surface area contributed by atoms with Crippen LogP contribution >= 0.6 is 22.9 Å². The molecule has 1 aromatic carbocycles. The minimum atomic E-state index is 0.530. The maximum absolute atomic E-state index is 6.22. The van der Waals surface area contributed by atoms with Crippen LogP contribution in [0.5, 0.6) is 0 Å². The Hall–Kier alpha value is -0.830. The molecule has 0 radical (unpaired) electrons. The van der Waals surface area contributed by atoms with E-state index in [1.807, 2.05) is 18.2 Å². The predicted molar refractivity (Wildman–Crippen MR) is 67.4 cm³/mol. The Morgan fingerprint density at radius 1 is 1.27 bits per heavy atom. The van der Waals surface area contributed by atoms with Gasteiger partial charge in [-0.1, -0.05) is 23.7 Å². The van der Waals surface area contributed by atoms with Crippen molar-refractivity contribution < 1.29 is 0 Å². The van der Waals surface area contributed by atoms with Crippen LogP contribution in [-0.2, 0) is 6.54 Å². The summed E-state index contributed by atoms with van der Waals surface area (Å²) in [7, 11) is 0. The minimum absolute atomic E-state index is 0.530. The molecule has 0 bridgehead atoms. The maximum Gasteiger partial charge on any atom is 0.0488 e. The summed E-state index contributed by atoms with van der Waals surface area (Å²) in [5, 5.41) is 2.86. The molecule has 0 aliphatic heterocycles. The average molecular weight is 238 g/mol. The third-order valence-corrected chi connectivity index (χ3v) is 3.58. The van der Waals surface area contributed by atoms with Gasteiger partial charge in [0.2, 0.25) is 0 Å². The molecular formula is C12H12ClNS. The second-order valence-electron chi connectivity index (χ2n) is 3.41. The number of thiophene rings is 1. The van der Waals surface area contributed by atoms with Gasteiger partial charge in [0.25, 0.3) is 0 Å². The van der Waals surface area contributed by atoms with Gasteiger partial charge in [-0.3, -0.25) is 0 Å². The van der Waals surface area contributed by atoms with E-state index in [-0.39, 0.29) is 0 Å². The topological polar surface area (TPSA) is 26.0 Å². The Labute approximate surface area is 98.5 Å². The van der Waals surface area contributed by atoms with E-state index in [4.69, 9.17) is 17.3 Å². The fourth-order valence-electron chi connectivity index (χ4n) is 1.57. The van der Waals surface area contributed by atoms with Crippen molar-refractivity contribution in [1.29, 1.82) is 0 Å². The third kappa shape index (κ3) is 2.07. The minimum Gasteiger partial charge on any atom is -0.326 e. The zero-order valence-corrected chi connectivity index (χ0v) is 10.0. The molecule has 0 unspecified atom stereocenters. The van der Waals surface area contributed by atoms with Gasteiger partial charge < -0.3 is 5.73 Å². The van der Waals surface area contributed by atoms with E-state index >= 15 is 0 Å². The maximum atomic E-state index is 6.22. The quantitative estimate of drug-likeness (QED) is 0.844. The Kier molecular flexibility index (Phi) is 3.10. The van der Waals surface area contributed by atoms with Crippen LogP contribution in [-0.4, -0.2) is 0 Å². The fraction of sp³-hybridized carbons (Fsp3) is 0.167. The van der Waals surface area contributed by atoms with E-state index in [9.17, 15) is 0 Å². The summed E-state index contributed by atoms with van der Waals surface area (Å²) in [6, 6.07) is 8.11. The highest BCUT2D eigenvalue weighted by Gasteiger charge is 2.07. The van der Waals surface area contributed by atoms with Crippen LogP contribution in [0.25, 0.3) is 11.1 Å². The van der Waals surface area contributed by atoms with Gasteiger partial charge in [0.1, 0.15) is 0 Å². The molecule has 1 heterocycles. The SMILES string of the molecule is Cc1sccc1-c1ccc(CN)cc1Cl. The lowest BCUT2D eigenvalue weighted by atomic mass is 10.0. The molecule has 0 saturated carbocycles. The monoisotopic (exact) mass is 237 g/mol. The molecule has 2 N–H and O–H groups in total. The summed E-state index contributed by atoms with van der Waals surface area (Å²) in [6.45, 7) is 2.63. The van der Waals surface area contributed by atoms with E-state index in [0.717, 1.165) is 16.1 Å². The van der Waals surface area contributed by atoms with Crippen molar-refractivity contribution in [3.05, 3.63) is 45.1 Å². The lowest BCUT2D eigenvalue weighted by Gasteiger charge is -2.05. The number of hydrogen-bond donors (Lipinski definition) is 1. The second kappa shape index (κ2) is 4.35. The molecule has 0 aliphatic carbocycles. The lowest BCUT2D eigenvalue weighted by molar-refractivity contribution is 1.07. The van der Waals surface area contributed by atoms with E-state index in [0.29, 0.717) is 6.54 Å². The first-order chi connectivity index (χ1) is 7.22. The van der Waals surface area contributed by atoms with Crippen molar-refractivity contribution in [2.24, 2.45) is 5.73 Å². The Morgan fingerprint density at radius 2 is 2.07 bits per heavy atom. The summed E-state index contributed by atoms with van der Waals surface area (Å²) < 4.78 is 0. The summed E-state index contributed by atoms with van der Waals surface area (Å²) in [4.78, 5) is 1.29. The van der Waals surface area contributed by atoms with E-state index in [1.54, 1.807) is 11.3 Å². The second-order valence-corrected chi connectivity index (χ2v) is 4.94. The molecule has 1 nitrogen and oxygen atoms in total. The van der Waals surface area contributed by atoms with E-state index < -0.39 is 0 Å². The number of hydrogen-bond acceptors (Lipinski definition) is 2. The van der Waals surface area contributed by atoms with Crippen LogP contribution in [0, 0.1) is 6.92 Å². The van der Waals surface area contributed by atoms with Gasteiger partial charge in [0.05, 0.1) is 0 Å². The van der Waals surface area contributed by atoms with Crippen LogP contribution in [0.1, 0.15) is 10.4 Å². The number of nitrogens with two attached hydrogens (primary N) is 1. The van der Waals surface area contributed by atoms with Crippen LogP contribution in [0.2, 0.25) is 5.02 Å². The standard InChI is InChI=1S/C12H12ClNS/c1-8-10(4-5-15-8)11-3-2-9(7-14)6-12(11)13/h2-6H,7,14H2,1H3. The highest BCUT2D eigenvalue weighted by molar-refractivity contribution is 7.10. The van der Waals surface area contributed by atoms with Crippen molar-refractivity contribution in [1.82, 2.24) is 0 Å². The molecule has 3 heteroatoms. The van der Waals surface area contributed by atoms with Gasteiger partial charge in [-0.2, -0.15) is 0 Å². The first kappa shape index (κ1) is 10.7. The number of benzene rings is 1. The van der Waals surface area contributed by atoms with Crippen LogP contribution in [0.3, 0.4) is 0 Å². The average Bonchev–Trinajstić information content (AvgIpc) is 2.64. The van der Waals surface area contributed by atoms with Gasteiger partial charge in [-0.05, 0) is 35.6 Å². The molecule has 0 saturated heterocycles. The summed E-state index contributed by atoms with van der Waals surface area (Å²) in [5.74, 6) is 0. The molecule has 0 amide bonds. The number of rotatable bonds is 2. The first-order valence-corrected chi connectivity index (χ1v) is 6.01. The smallest absolute Gasteiger partial charge is 0.0488 e. The molecule has 78 valence electrons. The summed E-state index contributed by atoms with van der Waals surface area (Å²) >= 11 is 7.96. The highest BCUT2D eigenvalue weighted by atomic mass is 35.5. The van der Waals surface area contributed by atoms with Crippen molar-refractivity contribution >= 4 is 22.9 Å². The molecule has 2 rings (SSSR count). The molecule has 1 aromatic heterocycles. The van der Waals surface area contributed by atoms with Crippen molar-refractivity contribution in [2.75, 3.05) is 0 Å². The summed E-state index contributed by atoms with van der Waals surface area (Å²) in [5.41, 5.74) is 8.93. The van der Waals surface area contributed by atoms with Crippen LogP contribution in [0.15, 0.2) is 29.6 Å². The Bertz CT molecular complexity index is 476. The number of aryl methyl sites for hydroxylation is 1. The zero-order chi connectivity index (χ0) is 10.8. The van der Waals surface area contributed by atoms with E-state index in [2.05, 4.69) is 18.4 Å². The van der Waals surface area contributed by atoms with Crippen molar-refractivity contribution in [2.45, 2.75) is 13.5 Å². The van der Waals surface area contributed by atoms with Crippen LogP contribution in [0.4, 0.5) is 0 Å². The molecular weight excluding hydrogens is 226 g/mol. The summed E-state index contributed by atoms with van der Waals surface area (Å²) in [6.07, 6.45) is 0. The van der Waals surface area contributed by atoms with Gasteiger partial charge in [-0.25, -0.2) is 0 Å².